The van der Waals surface area contributed by atoms with E-state index in [2.05, 4.69) is 5.32 Å². The lowest BCUT2D eigenvalue weighted by atomic mass is 9.72. The molecule has 0 spiro atoms. The van der Waals surface area contributed by atoms with E-state index in [1.54, 1.807) is 0 Å². The third-order valence-electron chi connectivity index (χ3n) is 4.06. The van der Waals surface area contributed by atoms with Gasteiger partial charge in [0.2, 0.25) is 5.91 Å². The molecule has 2 aliphatic heterocycles. The normalized spacial score (nSPS) is 46.2. The van der Waals surface area contributed by atoms with Crippen LogP contribution in [0.1, 0.15) is 12.8 Å². The molecule has 16 heavy (non-hydrogen) atoms. The minimum Gasteiger partial charge on any atom is -0.376 e. The summed E-state index contributed by atoms with van der Waals surface area (Å²) in [6, 6.07) is 0.163. The maximum atomic E-state index is 11.9. The van der Waals surface area contributed by atoms with Gasteiger partial charge >= 0.3 is 0 Å². The van der Waals surface area contributed by atoms with Crippen LogP contribution in [0, 0.1) is 11.8 Å². The van der Waals surface area contributed by atoms with E-state index >= 15 is 0 Å². The quantitative estimate of drug-likeness (QED) is 0.714. The topological polar surface area (TPSA) is 64.3 Å². The van der Waals surface area contributed by atoms with Crippen LogP contribution in [0.5, 0.6) is 0 Å². The van der Waals surface area contributed by atoms with Gasteiger partial charge in [0.1, 0.15) is 0 Å². The van der Waals surface area contributed by atoms with E-state index in [4.69, 9.17) is 10.5 Å². The highest BCUT2D eigenvalue weighted by atomic mass is 32.2. The fraction of sp³-hybridized carbons (Fsp3) is 0.909. The Balaban J connectivity index is 1.56. The Hall–Kier alpha value is -0.260. The van der Waals surface area contributed by atoms with Crippen LogP contribution < -0.4 is 11.1 Å². The van der Waals surface area contributed by atoms with Gasteiger partial charge in [-0.2, -0.15) is 11.8 Å². The molecule has 5 heteroatoms. The number of thioether (sulfide) groups is 1. The molecular formula is C11H18N2O2S. The van der Waals surface area contributed by atoms with Crippen LogP contribution in [0.3, 0.4) is 0 Å². The van der Waals surface area contributed by atoms with E-state index < -0.39 is 0 Å². The molecule has 3 N–H and O–H groups in total. The molecule has 2 heterocycles. The molecule has 0 radical (unpaired) electrons. The highest BCUT2D eigenvalue weighted by Crippen LogP contribution is 2.38. The summed E-state index contributed by atoms with van der Waals surface area (Å²) in [7, 11) is 0. The molecule has 1 amide bonds. The van der Waals surface area contributed by atoms with Gasteiger partial charge in [-0.1, -0.05) is 0 Å². The molecule has 3 aliphatic rings. The number of hydrogen-bond acceptors (Lipinski definition) is 4. The Morgan fingerprint density at radius 2 is 2.31 bits per heavy atom. The van der Waals surface area contributed by atoms with Gasteiger partial charge < -0.3 is 15.8 Å². The Bertz CT molecular complexity index is 294. The number of nitrogens with two attached hydrogens (primary N) is 1. The van der Waals surface area contributed by atoms with Crippen LogP contribution >= 0.6 is 11.8 Å². The molecule has 90 valence electrons. The summed E-state index contributed by atoms with van der Waals surface area (Å²) in [6.07, 6.45) is 2.25. The van der Waals surface area contributed by atoms with Crippen molar-refractivity contribution in [3.8, 4) is 0 Å². The minimum absolute atomic E-state index is 0.0607. The molecule has 3 rings (SSSR count). The Labute approximate surface area is 99.7 Å². The van der Waals surface area contributed by atoms with Crippen molar-refractivity contribution in [1.29, 1.82) is 0 Å². The van der Waals surface area contributed by atoms with E-state index in [-0.39, 0.29) is 30.0 Å². The lowest BCUT2D eigenvalue weighted by Gasteiger charge is -2.45. The van der Waals surface area contributed by atoms with Crippen LogP contribution in [0.2, 0.25) is 0 Å². The van der Waals surface area contributed by atoms with Gasteiger partial charge in [-0.3, -0.25) is 4.79 Å². The van der Waals surface area contributed by atoms with E-state index in [1.807, 2.05) is 11.8 Å². The van der Waals surface area contributed by atoms with Crippen LogP contribution in [0.4, 0.5) is 0 Å². The average Bonchev–Trinajstić information content (AvgIpc) is 2.94. The maximum absolute atomic E-state index is 11.9. The smallest absolute Gasteiger partial charge is 0.224 e. The van der Waals surface area contributed by atoms with E-state index in [0.717, 1.165) is 31.0 Å². The number of amides is 1. The van der Waals surface area contributed by atoms with E-state index in [0.29, 0.717) is 5.92 Å². The molecule has 1 aliphatic carbocycles. The zero-order valence-electron chi connectivity index (χ0n) is 9.22. The molecular weight excluding hydrogens is 224 g/mol. The second-order valence-electron chi connectivity index (χ2n) is 4.96. The third kappa shape index (κ3) is 1.65. The number of hydrogen-bond donors (Lipinski definition) is 2. The zero-order valence-corrected chi connectivity index (χ0v) is 10.0. The fourth-order valence-corrected chi connectivity index (χ4v) is 4.17. The molecule has 5 unspecified atom stereocenters. The number of carbonyl (C=O) groups is 1. The van der Waals surface area contributed by atoms with Crippen molar-refractivity contribution in [1.82, 2.24) is 5.32 Å². The monoisotopic (exact) mass is 242 g/mol. The Morgan fingerprint density at radius 1 is 1.44 bits per heavy atom. The molecule has 3 fully saturated rings. The first kappa shape index (κ1) is 10.9. The Kier molecular flexibility index (Phi) is 2.85. The molecule has 0 bridgehead atoms. The van der Waals surface area contributed by atoms with Crippen molar-refractivity contribution in [2.45, 2.75) is 31.0 Å². The van der Waals surface area contributed by atoms with Crippen molar-refractivity contribution in [3.63, 3.8) is 0 Å². The van der Waals surface area contributed by atoms with Crippen molar-refractivity contribution in [3.05, 3.63) is 0 Å². The van der Waals surface area contributed by atoms with Crippen LogP contribution in [-0.2, 0) is 9.53 Å². The van der Waals surface area contributed by atoms with E-state index in [1.165, 1.54) is 0 Å². The molecule has 0 aromatic heterocycles. The lowest BCUT2D eigenvalue weighted by Crippen LogP contribution is -2.69. The first-order valence-corrected chi connectivity index (χ1v) is 7.18. The molecule has 2 saturated heterocycles. The van der Waals surface area contributed by atoms with Gasteiger partial charge in [-0.15, -0.1) is 0 Å². The second-order valence-corrected chi connectivity index (χ2v) is 6.11. The molecule has 1 saturated carbocycles. The van der Waals surface area contributed by atoms with Crippen LogP contribution in [0.15, 0.2) is 0 Å². The average molecular weight is 242 g/mol. The highest BCUT2D eigenvalue weighted by molar-refractivity contribution is 7.99. The third-order valence-corrected chi connectivity index (χ3v) is 5.22. The summed E-state index contributed by atoms with van der Waals surface area (Å²) in [5.41, 5.74) is 6.05. The SMILES string of the molecule is NC1C2CCOC2C1NC(=O)C1CCSC1. The lowest BCUT2D eigenvalue weighted by molar-refractivity contribution is -0.128. The van der Waals surface area contributed by atoms with Gasteiger partial charge in [0.15, 0.2) is 0 Å². The highest BCUT2D eigenvalue weighted by Gasteiger charge is 2.53. The largest absolute Gasteiger partial charge is 0.376 e. The summed E-state index contributed by atoms with van der Waals surface area (Å²) in [6.45, 7) is 0.800. The van der Waals surface area contributed by atoms with Crippen LogP contribution in [0.25, 0.3) is 0 Å². The number of rotatable bonds is 2. The summed E-state index contributed by atoms with van der Waals surface area (Å²) in [5.74, 6) is 2.92. The molecule has 0 aromatic rings. The second kappa shape index (κ2) is 4.20. The number of ether oxygens (including phenoxy) is 1. The van der Waals surface area contributed by atoms with Crippen molar-refractivity contribution in [2.24, 2.45) is 17.6 Å². The van der Waals surface area contributed by atoms with Gasteiger partial charge in [0.05, 0.1) is 12.1 Å². The fourth-order valence-electron chi connectivity index (χ4n) is 2.95. The zero-order chi connectivity index (χ0) is 11.1. The molecule has 0 aromatic carbocycles. The summed E-state index contributed by atoms with van der Waals surface area (Å²) in [5, 5.41) is 3.08. The Morgan fingerprint density at radius 3 is 3.06 bits per heavy atom. The van der Waals surface area contributed by atoms with Crippen molar-refractivity contribution in [2.75, 3.05) is 18.1 Å². The number of nitrogens with one attached hydrogen (secondary N) is 1. The number of carbonyl (C=O) groups excluding carboxylic acids is 1. The van der Waals surface area contributed by atoms with Crippen LogP contribution in [-0.4, -0.2) is 42.2 Å². The molecule has 5 atom stereocenters. The summed E-state index contributed by atoms with van der Waals surface area (Å²) in [4.78, 5) is 11.9. The van der Waals surface area contributed by atoms with Crippen molar-refractivity contribution < 1.29 is 9.53 Å². The van der Waals surface area contributed by atoms with Gasteiger partial charge in [-0.25, -0.2) is 0 Å². The minimum atomic E-state index is 0.0607. The van der Waals surface area contributed by atoms with Gasteiger partial charge in [0, 0.05) is 30.2 Å². The predicted molar refractivity (Wildman–Crippen MR) is 63.2 cm³/mol. The standard InChI is InChI=1S/C11H18N2O2S/c12-8-7-1-3-15-10(7)9(8)13-11(14)6-2-4-16-5-6/h6-10H,1-5,12H2,(H,13,14). The summed E-state index contributed by atoms with van der Waals surface area (Å²) < 4.78 is 5.60. The maximum Gasteiger partial charge on any atom is 0.224 e. The first-order chi connectivity index (χ1) is 7.77. The predicted octanol–water partition coefficient (Wildman–Crippen LogP) is -0.0297. The van der Waals surface area contributed by atoms with E-state index in [9.17, 15) is 4.79 Å². The van der Waals surface area contributed by atoms with Crippen molar-refractivity contribution >= 4 is 17.7 Å². The first-order valence-electron chi connectivity index (χ1n) is 6.02. The van der Waals surface area contributed by atoms with Gasteiger partial charge in [-0.05, 0) is 18.6 Å². The van der Waals surface area contributed by atoms with Gasteiger partial charge in [0.25, 0.3) is 0 Å². The molecule has 4 nitrogen and oxygen atoms in total. The number of fused-ring (bicyclic) bond motifs is 1. The summed E-state index contributed by atoms with van der Waals surface area (Å²) >= 11 is 1.86.